The Bertz CT molecular complexity index is 1350. The van der Waals surface area contributed by atoms with Crippen molar-refractivity contribution in [1.29, 1.82) is 0 Å². The van der Waals surface area contributed by atoms with E-state index in [2.05, 4.69) is 0 Å². The topological polar surface area (TPSA) is 118 Å². The molecule has 33 heavy (non-hydrogen) atoms. The normalized spacial score (nSPS) is 26.5. The number of carbonyl (C=O) groups is 3. The summed E-state index contributed by atoms with van der Waals surface area (Å²) < 4.78 is 0. The molecule has 0 saturated carbocycles. The van der Waals surface area contributed by atoms with Crippen molar-refractivity contribution in [1.82, 2.24) is 0 Å². The zero-order valence-electron chi connectivity index (χ0n) is 17.0. The highest BCUT2D eigenvalue weighted by atomic mass is 16.6. The maximum Gasteiger partial charge on any atom is 0.319 e. The van der Waals surface area contributed by atoms with Crippen LogP contribution in [0.25, 0.3) is 0 Å². The molecule has 0 spiro atoms. The molecule has 3 aliphatic carbocycles. The van der Waals surface area contributed by atoms with Gasteiger partial charge in [-0.1, -0.05) is 48.5 Å². The number of hydrogen-bond acceptors (Lipinski definition) is 5. The summed E-state index contributed by atoms with van der Waals surface area (Å²) in [6.45, 7) is 0. The minimum Gasteiger partial charge on any atom is -0.480 e. The van der Waals surface area contributed by atoms with Crippen LogP contribution < -0.4 is 4.90 Å². The number of benzene rings is 3. The van der Waals surface area contributed by atoms with E-state index in [4.69, 9.17) is 0 Å². The third-order valence-electron chi connectivity index (χ3n) is 7.27. The average Bonchev–Trinajstić information content (AvgIpc) is 3.09. The Kier molecular flexibility index (Phi) is 3.73. The zero-order valence-corrected chi connectivity index (χ0v) is 17.0. The van der Waals surface area contributed by atoms with Gasteiger partial charge in [-0.05, 0) is 34.4 Å². The van der Waals surface area contributed by atoms with Crippen LogP contribution in [0.2, 0.25) is 0 Å². The summed E-state index contributed by atoms with van der Waals surface area (Å²) in [6.07, 6.45) is 0. The van der Waals surface area contributed by atoms with E-state index < -0.39 is 45.9 Å². The largest absolute Gasteiger partial charge is 0.480 e. The molecular formula is C25H16N2O6. The van der Waals surface area contributed by atoms with Crippen LogP contribution in [0.5, 0.6) is 0 Å². The maximum absolute atomic E-state index is 13.8. The SMILES string of the molecule is O=C1[C@@H]2[C@@H](C(=O)N1c1ccc([N+](=O)[O-])cc1)C1c3ccccc3C2(C(=O)O)c2ccccc21. The van der Waals surface area contributed by atoms with Gasteiger partial charge in [-0.3, -0.25) is 24.5 Å². The Morgan fingerprint density at radius 1 is 0.879 bits per heavy atom. The number of amides is 2. The first-order valence-corrected chi connectivity index (χ1v) is 10.4. The summed E-state index contributed by atoms with van der Waals surface area (Å²) in [7, 11) is 0. The molecule has 8 heteroatoms. The zero-order chi connectivity index (χ0) is 23.1. The van der Waals surface area contributed by atoms with Crippen LogP contribution in [0.4, 0.5) is 11.4 Å². The Morgan fingerprint density at radius 3 is 1.94 bits per heavy atom. The predicted molar refractivity (Wildman–Crippen MR) is 116 cm³/mol. The van der Waals surface area contributed by atoms with Crippen molar-refractivity contribution < 1.29 is 24.4 Å². The van der Waals surface area contributed by atoms with E-state index in [0.717, 1.165) is 16.0 Å². The number of nitro benzene ring substituents is 1. The fraction of sp³-hybridized carbons (Fsp3) is 0.160. The Balaban J connectivity index is 1.61. The molecular weight excluding hydrogens is 424 g/mol. The van der Waals surface area contributed by atoms with Crippen molar-refractivity contribution in [2.24, 2.45) is 11.8 Å². The molecule has 1 N–H and O–H groups in total. The number of carbonyl (C=O) groups excluding carboxylic acids is 2. The lowest BCUT2D eigenvalue weighted by atomic mass is 9.47. The summed E-state index contributed by atoms with van der Waals surface area (Å²) in [5.74, 6) is -4.72. The quantitative estimate of drug-likeness (QED) is 0.380. The van der Waals surface area contributed by atoms with E-state index in [9.17, 15) is 29.6 Å². The molecule has 2 bridgehead atoms. The van der Waals surface area contributed by atoms with Crippen molar-refractivity contribution in [3.8, 4) is 0 Å². The van der Waals surface area contributed by atoms with Gasteiger partial charge in [-0.2, -0.15) is 0 Å². The van der Waals surface area contributed by atoms with Crippen molar-refractivity contribution >= 4 is 29.2 Å². The van der Waals surface area contributed by atoms with Gasteiger partial charge in [0.2, 0.25) is 11.8 Å². The number of aliphatic carboxylic acids is 1. The van der Waals surface area contributed by atoms with Gasteiger partial charge in [0.1, 0.15) is 5.41 Å². The van der Waals surface area contributed by atoms with E-state index in [1.165, 1.54) is 24.3 Å². The van der Waals surface area contributed by atoms with Crippen LogP contribution in [0.3, 0.4) is 0 Å². The summed E-state index contributed by atoms with van der Waals surface area (Å²) in [5, 5.41) is 21.7. The smallest absolute Gasteiger partial charge is 0.319 e. The van der Waals surface area contributed by atoms with E-state index in [1.54, 1.807) is 24.3 Å². The first-order valence-electron chi connectivity index (χ1n) is 10.4. The highest BCUT2D eigenvalue weighted by Gasteiger charge is 2.71. The highest BCUT2D eigenvalue weighted by Crippen LogP contribution is 2.64. The molecule has 3 aromatic carbocycles. The number of imide groups is 1. The van der Waals surface area contributed by atoms with Gasteiger partial charge >= 0.3 is 5.97 Å². The number of anilines is 1. The lowest BCUT2D eigenvalue weighted by Crippen LogP contribution is -2.57. The van der Waals surface area contributed by atoms with Gasteiger partial charge in [0.05, 0.1) is 22.4 Å². The lowest BCUT2D eigenvalue weighted by Gasteiger charge is -2.51. The summed E-state index contributed by atoms with van der Waals surface area (Å²) in [4.78, 5) is 52.0. The summed E-state index contributed by atoms with van der Waals surface area (Å²) >= 11 is 0. The van der Waals surface area contributed by atoms with Crippen molar-refractivity contribution in [3.63, 3.8) is 0 Å². The summed E-state index contributed by atoms with van der Waals surface area (Å²) in [5.41, 5.74) is 0.881. The third kappa shape index (κ3) is 2.17. The van der Waals surface area contributed by atoms with Crippen molar-refractivity contribution in [2.45, 2.75) is 11.3 Å². The lowest BCUT2D eigenvalue weighted by molar-refractivity contribution is -0.384. The van der Waals surface area contributed by atoms with Crippen molar-refractivity contribution in [2.75, 3.05) is 4.90 Å². The molecule has 1 heterocycles. The van der Waals surface area contributed by atoms with E-state index in [1.807, 2.05) is 24.3 Å². The second-order valence-electron chi connectivity index (χ2n) is 8.55. The summed E-state index contributed by atoms with van der Waals surface area (Å²) in [6, 6.07) is 19.4. The monoisotopic (exact) mass is 440 g/mol. The van der Waals surface area contributed by atoms with Crippen LogP contribution in [-0.2, 0) is 19.8 Å². The number of non-ortho nitro benzene ring substituents is 1. The molecule has 7 rings (SSSR count). The number of nitrogens with zero attached hydrogens (tertiary/aromatic N) is 2. The highest BCUT2D eigenvalue weighted by molar-refractivity contribution is 6.25. The molecule has 3 aromatic rings. The molecule has 2 amide bonds. The second kappa shape index (κ2) is 6.35. The fourth-order valence-corrected chi connectivity index (χ4v) is 6.11. The van der Waals surface area contributed by atoms with E-state index in [0.29, 0.717) is 11.1 Å². The van der Waals surface area contributed by atoms with Gasteiger partial charge in [-0.25, -0.2) is 4.90 Å². The Hall–Kier alpha value is -4.33. The number of carboxylic acids is 1. The predicted octanol–water partition coefficient (Wildman–Crippen LogP) is 3.23. The van der Waals surface area contributed by atoms with Gasteiger partial charge in [-0.15, -0.1) is 0 Å². The molecule has 0 unspecified atom stereocenters. The van der Waals surface area contributed by atoms with Gasteiger partial charge in [0.15, 0.2) is 0 Å². The number of carboxylic acid groups (broad SMARTS) is 1. The van der Waals surface area contributed by atoms with Crippen LogP contribution in [0, 0.1) is 22.0 Å². The van der Waals surface area contributed by atoms with Gasteiger partial charge in [0, 0.05) is 18.1 Å². The molecule has 8 nitrogen and oxygen atoms in total. The minimum absolute atomic E-state index is 0.169. The average molecular weight is 440 g/mol. The molecule has 1 aliphatic heterocycles. The minimum atomic E-state index is -1.70. The second-order valence-corrected chi connectivity index (χ2v) is 8.55. The standard InChI is InChI=1S/C25H16N2O6/c28-22-20-19-15-5-1-3-7-17(15)25(24(30)31,18-8-4-2-6-16(18)19)21(20)23(29)26(22)13-9-11-14(12-10-13)27(32)33/h1-12,19-21H,(H,30,31)/t19?,20-,21-,25?/m0/s1. The first kappa shape index (κ1) is 19.4. The van der Waals surface area contributed by atoms with Crippen LogP contribution in [0.1, 0.15) is 28.2 Å². The number of nitro groups is 1. The molecule has 4 aliphatic rings. The van der Waals surface area contributed by atoms with E-state index in [-0.39, 0.29) is 11.4 Å². The van der Waals surface area contributed by atoms with Crippen LogP contribution in [-0.4, -0.2) is 27.8 Å². The molecule has 162 valence electrons. The van der Waals surface area contributed by atoms with Gasteiger partial charge in [0.25, 0.3) is 5.69 Å². The van der Waals surface area contributed by atoms with E-state index >= 15 is 0 Å². The fourth-order valence-electron chi connectivity index (χ4n) is 6.11. The molecule has 2 atom stereocenters. The van der Waals surface area contributed by atoms with Gasteiger partial charge < -0.3 is 5.11 Å². The molecule has 1 fully saturated rings. The molecule has 0 radical (unpaired) electrons. The maximum atomic E-state index is 13.8. The molecule has 0 aromatic heterocycles. The first-order chi connectivity index (χ1) is 15.9. The third-order valence-corrected chi connectivity index (χ3v) is 7.27. The Morgan fingerprint density at radius 2 is 1.42 bits per heavy atom. The van der Waals surface area contributed by atoms with Crippen LogP contribution in [0.15, 0.2) is 72.8 Å². The molecule has 1 saturated heterocycles. The Labute approximate surface area is 187 Å². The number of hydrogen-bond donors (Lipinski definition) is 1. The van der Waals surface area contributed by atoms with Crippen molar-refractivity contribution in [3.05, 3.63) is 105 Å². The van der Waals surface area contributed by atoms with Crippen LogP contribution >= 0.6 is 0 Å². The number of rotatable bonds is 3.